The van der Waals surface area contributed by atoms with Gasteiger partial charge in [-0.3, -0.25) is 0 Å². The van der Waals surface area contributed by atoms with Crippen molar-refractivity contribution in [2.75, 3.05) is 5.32 Å². The Bertz CT molecular complexity index is 597. The fraction of sp³-hybridized carbons (Fsp3) is 0.500. The molecule has 2 atom stereocenters. The molecule has 100 valence electrons. The molecular formula is C14H17FN4. The number of hydrogen-bond donors (Lipinski definition) is 3. The van der Waals surface area contributed by atoms with Crippen LogP contribution in [0.3, 0.4) is 0 Å². The van der Waals surface area contributed by atoms with E-state index in [-0.39, 0.29) is 5.82 Å². The Labute approximate surface area is 110 Å². The minimum Gasteiger partial charge on any atom is -0.353 e. The van der Waals surface area contributed by atoms with E-state index in [9.17, 15) is 4.39 Å². The van der Waals surface area contributed by atoms with Gasteiger partial charge in [0.25, 0.3) is 0 Å². The molecule has 0 saturated carbocycles. The molecule has 2 unspecified atom stereocenters. The molecule has 2 fully saturated rings. The number of hydrogen-bond acceptors (Lipinski definition) is 3. The van der Waals surface area contributed by atoms with Crippen LogP contribution in [0, 0.1) is 5.82 Å². The molecule has 2 saturated heterocycles. The highest BCUT2D eigenvalue weighted by molar-refractivity contribution is 5.77. The summed E-state index contributed by atoms with van der Waals surface area (Å²) in [5.74, 6) is 0.523. The first-order chi connectivity index (χ1) is 9.26. The Morgan fingerprint density at radius 3 is 2.79 bits per heavy atom. The van der Waals surface area contributed by atoms with Gasteiger partial charge in [-0.2, -0.15) is 0 Å². The van der Waals surface area contributed by atoms with Crippen molar-refractivity contribution in [2.45, 2.75) is 43.8 Å². The maximum atomic E-state index is 13.1. The fourth-order valence-corrected chi connectivity index (χ4v) is 3.42. The Hall–Kier alpha value is -1.62. The van der Waals surface area contributed by atoms with Crippen molar-refractivity contribution < 1.29 is 4.39 Å². The van der Waals surface area contributed by atoms with Gasteiger partial charge in [-0.05, 0) is 43.9 Å². The largest absolute Gasteiger partial charge is 0.353 e. The van der Waals surface area contributed by atoms with E-state index in [1.807, 2.05) is 0 Å². The highest BCUT2D eigenvalue weighted by Crippen LogP contribution is 2.28. The summed E-state index contributed by atoms with van der Waals surface area (Å²) in [7, 11) is 0. The van der Waals surface area contributed by atoms with Gasteiger partial charge in [0.1, 0.15) is 5.82 Å². The molecule has 2 aliphatic rings. The number of nitrogens with zero attached hydrogens (tertiary/aromatic N) is 1. The van der Waals surface area contributed by atoms with Crippen molar-refractivity contribution in [2.24, 2.45) is 0 Å². The summed E-state index contributed by atoms with van der Waals surface area (Å²) in [4.78, 5) is 7.62. The number of rotatable bonds is 2. The Balaban J connectivity index is 1.54. The molecule has 2 aliphatic heterocycles. The second-order valence-electron chi connectivity index (χ2n) is 5.70. The van der Waals surface area contributed by atoms with Crippen molar-refractivity contribution in [3.63, 3.8) is 0 Å². The second-order valence-corrected chi connectivity index (χ2v) is 5.70. The predicted molar refractivity (Wildman–Crippen MR) is 72.6 cm³/mol. The summed E-state index contributed by atoms with van der Waals surface area (Å²) >= 11 is 0. The summed E-state index contributed by atoms with van der Waals surface area (Å²) in [5, 5.41) is 7.08. The van der Waals surface area contributed by atoms with Crippen LogP contribution in [0.15, 0.2) is 18.2 Å². The number of aromatic nitrogens is 2. The number of nitrogens with one attached hydrogen (secondary N) is 3. The maximum Gasteiger partial charge on any atom is 0.201 e. The molecule has 4 rings (SSSR count). The van der Waals surface area contributed by atoms with Crippen molar-refractivity contribution in [1.29, 1.82) is 0 Å². The van der Waals surface area contributed by atoms with Crippen LogP contribution in [0.1, 0.15) is 25.7 Å². The van der Waals surface area contributed by atoms with E-state index in [1.165, 1.54) is 25.0 Å². The van der Waals surface area contributed by atoms with E-state index in [1.54, 1.807) is 6.07 Å². The van der Waals surface area contributed by atoms with Crippen LogP contribution in [-0.4, -0.2) is 28.1 Å². The van der Waals surface area contributed by atoms with Gasteiger partial charge in [-0.25, -0.2) is 9.37 Å². The molecule has 2 bridgehead atoms. The Morgan fingerprint density at radius 2 is 2.00 bits per heavy atom. The molecule has 2 aromatic rings. The minimum absolute atomic E-state index is 0.234. The summed E-state index contributed by atoms with van der Waals surface area (Å²) in [6.45, 7) is 0. The van der Waals surface area contributed by atoms with E-state index < -0.39 is 0 Å². The number of imidazole rings is 1. The molecule has 3 heterocycles. The zero-order valence-electron chi connectivity index (χ0n) is 10.6. The normalized spacial score (nSPS) is 29.8. The molecule has 0 spiro atoms. The van der Waals surface area contributed by atoms with E-state index in [0.29, 0.717) is 18.1 Å². The van der Waals surface area contributed by atoms with Crippen LogP contribution in [0.5, 0.6) is 0 Å². The lowest BCUT2D eigenvalue weighted by Gasteiger charge is -2.29. The van der Waals surface area contributed by atoms with Crippen molar-refractivity contribution in [3.05, 3.63) is 24.0 Å². The summed E-state index contributed by atoms with van der Waals surface area (Å²) in [5.41, 5.74) is 1.56. The number of H-pyrrole nitrogens is 1. The summed E-state index contributed by atoms with van der Waals surface area (Å²) < 4.78 is 13.1. The maximum absolute atomic E-state index is 13.1. The molecule has 19 heavy (non-hydrogen) atoms. The average molecular weight is 260 g/mol. The predicted octanol–water partition coefficient (Wildman–Crippen LogP) is 2.40. The first-order valence-corrected chi connectivity index (χ1v) is 6.94. The SMILES string of the molecule is Fc1ccc2nc(NC3CC4CCC(C3)N4)[nH]c2c1. The van der Waals surface area contributed by atoms with Crippen LogP contribution >= 0.6 is 0 Å². The number of benzene rings is 1. The second kappa shape index (κ2) is 4.20. The monoisotopic (exact) mass is 260 g/mol. The van der Waals surface area contributed by atoms with E-state index in [2.05, 4.69) is 20.6 Å². The van der Waals surface area contributed by atoms with Crippen LogP contribution in [0.25, 0.3) is 11.0 Å². The number of aromatic amines is 1. The lowest BCUT2D eigenvalue weighted by molar-refractivity contribution is 0.377. The average Bonchev–Trinajstić information content (AvgIpc) is 2.92. The van der Waals surface area contributed by atoms with Crippen molar-refractivity contribution in [3.8, 4) is 0 Å². The lowest BCUT2D eigenvalue weighted by atomic mass is 10.0. The third-order valence-electron chi connectivity index (χ3n) is 4.26. The van der Waals surface area contributed by atoms with E-state index in [0.717, 1.165) is 29.8 Å². The van der Waals surface area contributed by atoms with Gasteiger partial charge >= 0.3 is 0 Å². The quantitative estimate of drug-likeness (QED) is 0.777. The number of anilines is 1. The van der Waals surface area contributed by atoms with Gasteiger partial charge in [0, 0.05) is 18.1 Å². The molecule has 0 amide bonds. The lowest BCUT2D eigenvalue weighted by Crippen LogP contribution is -2.43. The summed E-state index contributed by atoms with van der Waals surface area (Å²) in [6, 6.07) is 6.40. The Morgan fingerprint density at radius 1 is 1.21 bits per heavy atom. The van der Waals surface area contributed by atoms with Crippen molar-refractivity contribution >= 4 is 17.0 Å². The molecular weight excluding hydrogens is 243 g/mol. The molecule has 5 heteroatoms. The van der Waals surface area contributed by atoms with Crippen LogP contribution in [0.2, 0.25) is 0 Å². The number of halogens is 1. The van der Waals surface area contributed by atoms with Gasteiger partial charge < -0.3 is 15.6 Å². The van der Waals surface area contributed by atoms with Gasteiger partial charge in [0.2, 0.25) is 5.95 Å². The molecule has 4 nitrogen and oxygen atoms in total. The van der Waals surface area contributed by atoms with Gasteiger partial charge in [-0.15, -0.1) is 0 Å². The highest BCUT2D eigenvalue weighted by atomic mass is 19.1. The van der Waals surface area contributed by atoms with Crippen molar-refractivity contribution in [1.82, 2.24) is 15.3 Å². The fourth-order valence-electron chi connectivity index (χ4n) is 3.42. The number of piperidine rings is 1. The molecule has 1 aromatic heterocycles. The summed E-state index contributed by atoms with van der Waals surface area (Å²) in [6.07, 6.45) is 4.85. The van der Waals surface area contributed by atoms with Crippen LogP contribution < -0.4 is 10.6 Å². The zero-order valence-corrected chi connectivity index (χ0v) is 10.6. The molecule has 3 N–H and O–H groups in total. The standard InChI is InChI=1S/C14H17FN4/c15-8-1-4-12-13(5-8)19-14(18-12)17-11-6-9-2-3-10(7-11)16-9/h1,4-5,9-11,16H,2-3,6-7H2,(H2,17,18,19). The third-order valence-corrected chi connectivity index (χ3v) is 4.26. The van der Waals surface area contributed by atoms with Gasteiger partial charge in [0.15, 0.2) is 0 Å². The first-order valence-electron chi connectivity index (χ1n) is 6.94. The third kappa shape index (κ3) is 2.08. The zero-order chi connectivity index (χ0) is 12.8. The minimum atomic E-state index is -0.234. The van der Waals surface area contributed by atoms with Gasteiger partial charge in [-0.1, -0.05) is 0 Å². The molecule has 0 radical (unpaired) electrons. The molecule has 1 aromatic carbocycles. The first kappa shape index (κ1) is 11.2. The van der Waals surface area contributed by atoms with Gasteiger partial charge in [0.05, 0.1) is 11.0 Å². The number of fused-ring (bicyclic) bond motifs is 3. The highest BCUT2D eigenvalue weighted by Gasteiger charge is 2.33. The topological polar surface area (TPSA) is 52.7 Å². The van der Waals surface area contributed by atoms with Crippen LogP contribution in [-0.2, 0) is 0 Å². The molecule has 0 aliphatic carbocycles. The Kier molecular flexibility index (Phi) is 2.48. The van der Waals surface area contributed by atoms with E-state index in [4.69, 9.17) is 0 Å². The van der Waals surface area contributed by atoms with Crippen LogP contribution in [0.4, 0.5) is 10.3 Å². The smallest absolute Gasteiger partial charge is 0.201 e. The van der Waals surface area contributed by atoms with E-state index >= 15 is 0 Å².